The average Bonchev–Trinajstić information content (AvgIpc) is 3.08. The molecule has 0 saturated carbocycles. The minimum Gasteiger partial charge on any atom is -0.342 e. The summed E-state index contributed by atoms with van der Waals surface area (Å²) >= 11 is 5.93. The van der Waals surface area contributed by atoms with Crippen molar-refractivity contribution in [2.75, 3.05) is 26.2 Å². The molecule has 5 nitrogen and oxygen atoms in total. The number of halogens is 1. The summed E-state index contributed by atoms with van der Waals surface area (Å²) in [6.07, 6.45) is 3.39. The number of sulfonamides is 1. The first-order valence-electron chi connectivity index (χ1n) is 8.47. The van der Waals surface area contributed by atoms with Gasteiger partial charge in [0, 0.05) is 37.1 Å². The number of benzene rings is 1. The largest absolute Gasteiger partial charge is 0.342 e. The maximum atomic E-state index is 12.6. The zero-order chi connectivity index (χ0) is 17.2. The van der Waals surface area contributed by atoms with Crippen LogP contribution in [-0.2, 0) is 20.6 Å². The van der Waals surface area contributed by atoms with E-state index in [1.807, 2.05) is 4.90 Å². The number of hydrogen-bond donors (Lipinski definition) is 0. The lowest BCUT2D eigenvalue weighted by molar-refractivity contribution is -0.135. The van der Waals surface area contributed by atoms with Crippen LogP contribution in [-0.4, -0.2) is 49.7 Å². The molecule has 0 spiro atoms. The van der Waals surface area contributed by atoms with Gasteiger partial charge in [-0.1, -0.05) is 23.7 Å². The van der Waals surface area contributed by atoms with Crippen LogP contribution >= 0.6 is 11.6 Å². The van der Waals surface area contributed by atoms with E-state index in [2.05, 4.69) is 0 Å². The molecule has 24 heavy (non-hydrogen) atoms. The van der Waals surface area contributed by atoms with Crippen molar-refractivity contribution < 1.29 is 13.2 Å². The zero-order valence-corrected chi connectivity index (χ0v) is 15.2. The minimum absolute atomic E-state index is 0.0271. The first kappa shape index (κ1) is 17.7. The Hall–Kier alpha value is -1.11. The number of piperidine rings is 1. The molecule has 7 heteroatoms. The molecule has 0 radical (unpaired) electrons. The molecular weight excluding hydrogens is 348 g/mol. The van der Waals surface area contributed by atoms with Crippen LogP contribution in [0.3, 0.4) is 0 Å². The maximum absolute atomic E-state index is 12.6. The fraction of sp³-hybridized carbons (Fsp3) is 0.588. The molecule has 0 bridgehead atoms. The Morgan fingerprint density at radius 1 is 1.12 bits per heavy atom. The van der Waals surface area contributed by atoms with Gasteiger partial charge < -0.3 is 4.90 Å². The van der Waals surface area contributed by atoms with Gasteiger partial charge in [-0.25, -0.2) is 12.7 Å². The predicted octanol–water partition coefficient (Wildman–Crippen LogP) is 2.50. The van der Waals surface area contributed by atoms with Gasteiger partial charge in [0.15, 0.2) is 0 Å². The van der Waals surface area contributed by atoms with E-state index in [1.54, 1.807) is 24.3 Å². The molecule has 1 amide bonds. The van der Waals surface area contributed by atoms with Crippen molar-refractivity contribution in [2.24, 2.45) is 5.92 Å². The fourth-order valence-electron chi connectivity index (χ4n) is 3.51. The molecule has 0 unspecified atom stereocenters. The lowest BCUT2D eigenvalue weighted by Crippen LogP contribution is -2.44. The van der Waals surface area contributed by atoms with E-state index in [9.17, 15) is 13.2 Å². The Morgan fingerprint density at radius 2 is 1.79 bits per heavy atom. The second kappa shape index (κ2) is 7.42. The van der Waals surface area contributed by atoms with Crippen LogP contribution in [0.5, 0.6) is 0 Å². The van der Waals surface area contributed by atoms with Crippen LogP contribution in [0, 0.1) is 5.92 Å². The molecular formula is C17H23ClN2O3S. The monoisotopic (exact) mass is 370 g/mol. The number of carbonyl (C=O) groups is 1. The predicted molar refractivity (Wildman–Crippen MR) is 94.2 cm³/mol. The van der Waals surface area contributed by atoms with Gasteiger partial charge in [0.2, 0.25) is 15.9 Å². The van der Waals surface area contributed by atoms with Gasteiger partial charge in [0.05, 0.1) is 5.75 Å². The molecule has 0 aliphatic carbocycles. The third kappa shape index (κ3) is 4.10. The number of likely N-dealkylation sites (tertiary alicyclic amines) is 1. The summed E-state index contributed by atoms with van der Waals surface area (Å²) in [6.45, 7) is 2.55. The van der Waals surface area contributed by atoms with Crippen LogP contribution in [0.1, 0.15) is 31.2 Å². The SMILES string of the molecule is O=C(C1CCN(S(=O)(=O)Cc2cccc(Cl)c2)CC1)N1CCCC1. The van der Waals surface area contributed by atoms with E-state index < -0.39 is 10.0 Å². The van der Waals surface area contributed by atoms with Gasteiger partial charge in [-0.05, 0) is 43.4 Å². The van der Waals surface area contributed by atoms with Gasteiger partial charge in [0.25, 0.3) is 0 Å². The molecule has 2 heterocycles. The molecule has 2 fully saturated rings. The lowest BCUT2D eigenvalue weighted by atomic mass is 9.97. The van der Waals surface area contributed by atoms with Crippen LogP contribution in [0.25, 0.3) is 0 Å². The van der Waals surface area contributed by atoms with E-state index in [0.29, 0.717) is 36.5 Å². The molecule has 132 valence electrons. The number of rotatable bonds is 4. The highest BCUT2D eigenvalue weighted by Gasteiger charge is 2.33. The maximum Gasteiger partial charge on any atom is 0.225 e. The lowest BCUT2D eigenvalue weighted by Gasteiger charge is -2.32. The van der Waals surface area contributed by atoms with Crippen molar-refractivity contribution in [1.82, 2.24) is 9.21 Å². The Morgan fingerprint density at radius 3 is 2.42 bits per heavy atom. The molecule has 2 aliphatic rings. The third-order valence-corrected chi connectivity index (χ3v) is 6.94. The Kier molecular flexibility index (Phi) is 5.47. The third-order valence-electron chi connectivity index (χ3n) is 4.85. The van der Waals surface area contributed by atoms with Crippen molar-refractivity contribution in [2.45, 2.75) is 31.4 Å². The summed E-state index contributed by atoms with van der Waals surface area (Å²) in [7, 11) is -3.37. The van der Waals surface area contributed by atoms with Gasteiger partial charge >= 0.3 is 0 Å². The summed E-state index contributed by atoms with van der Waals surface area (Å²) in [4.78, 5) is 14.4. The number of amides is 1. The quantitative estimate of drug-likeness (QED) is 0.818. The highest BCUT2D eigenvalue weighted by molar-refractivity contribution is 7.88. The molecule has 0 atom stereocenters. The van der Waals surface area contributed by atoms with E-state index in [-0.39, 0.29) is 17.6 Å². The van der Waals surface area contributed by atoms with Crippen LogP contribution in [0.15, 0.2) is 24.3 Å². The minimum atomic E-state index is -3.37. The van der Waals surface area contributed by atoms with E-state index in [4.69, 9.17) is 11.6 Å². The smallest absolute Gasteiger partial charge is 0.225 e. The van der Waals surface area contributed by atoms with E-state index in [1.165, 1.54) is 4.31 Å². The molecule has 1 aromatic carbocycles. The van der Waals surface area contributed by atoms with Gasteiger partial charge in [-0.3, -0.25) is 4.79 Å². The van der Waals surface area contributed by atoms with Gasteiger partial charge in [-0.2, -0.15) is 0 Å². The van der Waals surface area contributed by atoms with Crippen molar-refractivity contribution in [1.29, 1.82) is 0 Å². The molecule has 3 rings (SSSR count). The van der Waals surface area contributed by atoms with E-state index >= 15 is 0 Å². The molecule has 0 aromatic heterocycles. The average molecular weight is 371 g/mol. The summed E-state index contributed by atoms with van der Waals surface area (Å²) in [6, 6.07) is 6.94. The molecule has 1 aromatic rings. The normalized spacial score (nSPS) is 20.5. The second-order valence-electron chi connectivity index (χ2n) is 6.59. The highest BCUT2D eigenvalue weighted by atomic mass is 35.5. The van der Waals surface area contributed by atoms with Gasteiger partial charge in [0.1, 0.15) is 0 Å². The van der Waals surface area contributed by atoms with Crippen molar-refractivity contribution in [3.05, 3.63) is 34.9 Å². The first-order valence-corrected chi connectivity index (χ1v) is 10.5. The zero-order valence-electron chi connectivity index (χ0n) is 13.7. The molecule has 2 saturated heterocycles. The summed E-state index contributed by atoms with van der Waals surface area (Å²) in [5.41, 5.74) is 0.692. The first-order chi connectivity index (χ1) is 11.5. The number of nitrogens with zero attached hydrogens (tertiary/aromatic N) is 2. The Balaban J connectivity index is 1.58. The topological polar surface area (TPSA) is 57.7 Å². The van der Waals surface area contributed by atoms with Crippen molar-refractivity contribution >= 4 is 27.5 Å². The fourth-order valence-corrected chi connectivity index (χ4v) is 5.27. The second-order valence-corrected chi connectivity index (χ2v) is 9.00. The van der Waals surface area contributed by atoms with Gasteiger partial charge in [-0.15, -0.1) is 0 Å². The van der Waals surface area contributed by atoms with Crippen molar-refractivity contribution in [3.63, 3.8) is 0 Å². The Bertz CT molecular complexity index is 694. The molecule has 0 N–H and O–H groups in total. The summed E-state index contributed by atoms with van der Waals surface area (Å²) < 4.78 is 26.7. The standard InChI is InChI=1S/C17H23ClN2O3S/c18-16-5-3-4-14(12-16)13-24(22,23)20-10-6-15(7-11-20)17(21)19-8-1-2-9-19/h3-5,12,15H,1-2,6-11,13H2. The summed E-state index contributed by atoms with van der Waals surface area (Å²) in [5.74, 6) is 0.137. The summed E-state index contributed by atoms with van der Waals surface area (Å²) in [5, 5.41) is 0.539. The van der Waals surface area contributed by atoms with Crippen LogP contribution in [0.2, 0.25) is 5.02 Å². The van der Waals surface area contributed by atoms with E-state index in [0.717, 1.165) is 25.9 Å². The highest BCUT2D eigenvalue weighted by Crippen LogP contribution is 2.25. The van der Waals surface area contributed by atoms with Crippen molar-refractivity contribution in [3.8, 4) is 0 Å². The Labute approximate surface area is 148 Å². The number of carbonyl (C=O) groups excluding carboxylic acids is 1. The molecule has 2 aliphatic heterocycles. The number of hydrogen-bond acceptors (Lipinski definition) is 3. The van der Waals surface area contributed by atoms with Crippen LogP contribution < -0.4 is 0 Å². The van der Waals surface area contributed by atoms with Crippen LogP contribution in [0.4, 0.5) is 0 Å².